The second-order valence-corrected chi connectivity index (χ2v) is 5.97. The Balaban J connectivity index is 1.95. The van der Waals surface area contributed by atoms with Crippen LogP contribution in [0.25, 0.3) is 0 Å². The second-order valence-electron chi connectivity index (χ2n) is 5.97. The summed E-state index contributed by atoms with van der Waals surface area (Å²) < 4.78 is 5.37. The molecule has 1 aromatic rings. The van der Waals surface area contributed by atoms with Gasteiger partial charge in [-0.1, -0.05) is 32.9 Å². The first-order valence-corrected chi connectivity index (χ1v) is 6.83. The molecule has 0 atom stereocenters. The predicted molar refractivity (Wildman–Crippen MR) is 71.9 cm³/mol. The van der Waals surface area contributed by atoms with Crippen molar-refractivity contribution in [2.24, 2.45) is 0 Å². The number of hydrogen-bond donors (Lipinski definition) is 1. The Morgan fingerprint density at radius 2 is 2.00 bits per heavy atom. The van der Waals surface area contributed by atoms with Gasteiger partial charge in [0.15, 0.2) is 5.82 Å². The molecule has 0 amide bonds. The molecule has 1 N–H and O–H groups in total. The summed E-state index contributed by atoms with van der Waals surface area (Å²) in [4.78, 5) is 6.69. The fraction of sp³-hybridized carbons (Fsp3) is 0.846. The van der Waals surface area contributed by atoms with E-state index in [0.29, 0.717) is 12.1 Å². The molecular formula is C13H24N4O. The van der Waals surface area contributed by atoms with Crippen LogP contribution >= 0.6 is 0 Å². The van der Waals surface area contributed by atoms with Crippen LogP contribution in [-0.4, -0.2) is 35.8 Å². The van der Waals surface area contributed by atoms with E-state index in [2.05, 4.69) is 48.1 Å². The van der Waals surface area contributed by atoms with Crippen molar-refractivity contribution in [1.29, 1.82) is 0 Å². The highest BCUT2D eigenvalue weighted by molar-refractivity contribution is 5.27. The van der Waals surface area contributed by atoms with Gasteiger partial charge < -0.3 is 14.7 Å². The van der Waals surface area contributed by atoms with Gasteiger partial charge in [0.05, 0.1) is 0 Å². The third-order valence-corrected chi connectivity index (χ3v) is 3.34. The molecule has 5 nitrogen and oxygen atoms in total. The maximum atomic E-state index is 5.37. The van der Waals surface area contributed by atoms with E-state index >= 15 is 0 Å². The highest BCUT2D eigenvalue weighted by Gasteiger charge is 2.25. The average Bonchev–Trinajstić information content (AvgIpc) is 2.79. The molecule has 18 heavy (non-hydrogen) atoms. The van der Waals surface area contributed by atoms with Gasteiger partial charge in [-0.05, 0) is 19.4 Å². The lowest BCUT2D eigenvalue weighted by atomic mass is 9.96. The monoisotopic (exact) mass is 252 g/mol. The van der Waals surface area contributed by atoms with Gasteiger partial charge in [-0.25, -0.2) is 0 Å². The van der Waals surface area contributed by atoms with E-state index in [9.17, 15) is 0 Å². The Labute approximate surface area is 109 Å². The van der Waals surface area contributed by atoms with Crippen molar-refractivity contribution in [3.8, 4) is 0 Å². The maximum Gasteiger partial charge on any atom is 0.324 e. The summed E-state index contributed by atoms with van der Waals surface area (Å²) in [7, 11) is 0. The van der Waals surface area contributed by atoms with Gasteiger partial charge in [0, 0.05) is 24.5 Å². The van der Waals surface area contributed by atoms with Crippen LogP contribution in [0.15, 0.2) is 4.52 Å². The zero-order valence-corrected chi connectivity index (χ0v) is 11.9. The Kier molecular flexibility index (Phi) is 3.90. The van der Waals surface area contributed by atoms with Crippen molar-refractivity contribution in [3.05, 3.63) is 5.82 Å². The highest BCUT2D eigenvalue weighted by atomic mass is 16.5. The van der Waals surface area contributed by atoms with E-state index in [1.54, 1.807) is 0 Å². The van der Waals surface area contributed by atoms with Crippen LogP contribution < -0.4 is 10.2 Å². The number of nitrogens with zero attached hydrogens (tertiary/aromatic N) is 3. The molecule has 1 saturated heterocycles. The first-order chi connectivity index (χ1) is 8.50. The smallest absolute Gasteiger partial charge is 0.324 e. The summed E-state index contributed by atoms with van der Waals surface area (Å²) in [5.74, 6) is 0.784. The van der Waals surface area contributed by atoms with E-state index in [1.807, 2.05) is 0 Å². The molecule has 5 heteroatoms. The molecule has 0 aromatic carbocycles. The third kappa shape index (κ3) is 3.02. The zero-order valence-electron chi connectivity index (χ0n) is 11.9. The van der Waals surface area contributed by atoms with Gasteiger partial charge in [0.2, 0.25) is 0 Å². The summed E-state index contributed by atoms with van der Waals surface area (Å²) in [5, 5.41) is 7.57. The van der Waals surface area contributed by atoms with Crippen molar-refractivity contribution in [2.45, 2.75) is 52.0 Å². The standard InChI is InChI=1S/C13H24N4O/c1-5-14-10-6-8-17(9-7-10)12-15-11(16-18-12)13(2,3)4/h10,14H,5-9H2,1-4H3. The minimum Gasteiger partial charge on any atom is -0.324 e. The topological polar surface area (TPSA) is 54.2 Å². The fourth-order valence-corrected chi connectivity index (χ4v) is 2.21. The summed E-state index contributed by atoms with van der Waals surface area (Å²) in [5.41, 5.74) is -0.0517. The normalized spacial score (nSPS) is 18.3. The van der Waals surface area contributed by atoms with Crippen molar-refractivity contribution >= 4 is 6.01 Å². The van der Waals surface area contributed by atoms with Gasteiger partial charge in [-0.2, -0.15) is 4.98 Å². The molecule has 1 aliphatic rings. The molecule has 0 unspecified atom stereocenters. The minimum atomic E-state index is -0.0517. The van der Waals surface area contributed by atoms with Crippen LogP contribution in [0, 0.1) is 0 Å². The third-order valence-electron chi connectivity index (χ3n) is 3.34. The molecule has 0 spiro atoms. The Morgan fingerprint density at radius 1 is 1.33 bits per heavy atom. The van der Waals surface area contributed by atoms with Gasteiger partial charge in [-0.3, -0.25) is 0 Å². The van der Waals surface area contributed by atoms with Crippen molar-refractivity contribution in [2.75, 3.05) is 24.5 Å². The van der Waals surface area contributed by atoms with Gasteiger partial charge in [0.25, 0.3) is 0 Å². The molecule has 0 saturated carbocycles. The first-order valence-electron chi connectivity index (χ1n) is 6.83. The average molecular weight is 252 g/mol. The molecule has 0 aliphatic carbocycles. The van der Waals surface area contributed by atoms with E-state index in [4.69, 9.17) is 4.52 Å². The van der Waals surface area contributed by atoms with Crippen LogP contribution in [0.5, 0.6) is 0 Å². The Morgan fingerprint density at radius 3 is 2.50 bits per heavy atom. The number of nitrogens with one attached hydrogen (secondary N) is 1. The van der Waals surface area contributed by atoms with Crippen LogP contribution in [-0.2, 0) is 5.41 Å². The first kappa shape index (κ1) is 13.3. The molecule has 2 rings (SSSR count). The summed E-state index contributed by atoms with van der Waals surface area (Å²) in [6, 6.07) is 1.31. The largest absolute Gasteiger partial charge is 0.324 e. The molecule has 0 radical (unpaired) electrons. The van der Waals surface area contributed by atoms with Crippen LogP contribution in [0.3, 0.4) is 0 Å². The van der Waals surface area contributed by atoms with E-state index < -0.39 is 0 Å². The van der Waals surface area contributed by atoms with Crippen molar-refractivity contribution in [1.82, 2.24) is 15.5 Å². The maximum absolute atomic E-state index is 5.37. The molecule has 1 aromatic heterocycles. The summed E-state index contributed by atoms with van der Waals surface area (Å²) >= 11 is 0. The van der Waals surface area contributed by atoms with E-state index in [-0.39, 0.29) is 5.41 Å². The quantitative estimate of drug-likeness (QED) is 0.891. The van der Waals surface area contributed by atoms with Crippen molar-refractivity contribution < 1.29 is 4.52 Å². The number of piperidine rings is 1. The molecule has 0 bridgehead atoms. The SMILES string of the molecule is CCNC1CCN(c2nc(C(C)(C)C)no2)CC1. The molecule has 1 fully saturated rings. The zero-order chi connectivity index (χ0) is 13.2. The predicted octanol–water partition coefficient (Wildman–Crippen LogP) is 1.95. The van der Waals surface area contributed by atoms with Gasteiger partial charge in [-0.15, -0.1) is 0 Å². The van der Waals surface area contributed by atoms with Crippen molar-refractivity contribution in [3.63, 3.8) is 0 Å². The lowest BCUT2D eigenvalue weighted by Gasteiger charge is -2.30. The summed E-state index contributed by atoms with van der Waals surface area (Å²) in [6.07, 6.45) is 2.28. The van der Waals surface area contributed by atoms with Crippen LogP contribution in [0.2, 0.25) is 0 Å². The molecule has 1 aliphatic heterocycles. The second kappa shape index (κ2) is 5.26. The molecular weight excluding hydrogens is 228 g/mol. The van der Waals surface area contributed by atoms with Gasteiger partial charge in [0.1, 0.15) is 0 Å². The molecule has 102 valence electrons. The number of aromatic nitrogens is 2. The fourth-order valence-electron chi connectivity index (χ4n) is 2.21. The van der Waals surface area contributed by atoms with Crippen LogP contribution in [0.4, 0.5) is 6.01 Å². The van der Waals surface area contributed by atoms with Gasteiger partial charge >= 0.3 is 6.01 Å². The number of hydrogen-bond acceptors (Lipinski definition) is 5. The highest BCUT2D eigenvalue weighted by Crippen LogP contribution is 2.23. The summed E-state index contributed by atoms with van der Waals surface area (Å²) in [6.45, 7) is 11.5. The number of rotatable bonds is 3. The van der Waals surface area contributed by atoms with Crippen LogP contribution in [0.1, 0.15) is 46.4 Å². The lowest BCUT2D eigenvalue weighted by molar-refractivity contribution is 0.366. The molecule has 2 heterocycles. The number of anilines is 1. The van der Waals surface area contributed by atoms with E-state index in [0.717, 1.165) is 38.3 Å². The lowest BCUT2D eigenvalue weighted by Crippen LogP contribution is -2.42. The Bertz CT molecular complexity index is 375. The van der Waals surface area contributed by atoms with E-state index in [1.165, 1.54) is 0 Å². The Hall–Kier alpha value is -1.10. The minimum absolute atomic E-state index is 0.0517.